The van der Waals surface area contributed by atoms with Crippen LogP contribution in [0, 0.1) is 0 Å². The van der Waals surface area contributed by atoms with E-state index >= 15 is 0 Å². The molecule has 0 spiro atoms. The van der Waals surface area contributed by atoms with E-state index in [0.717, 1.165) is 5.56 Å². The standard InChI is InChI=1S/C15H10Cl2O2/c16-12-7-5-10(9-13(12)17)6-8-15(19)11-3-1-2-4-14(11)18/h1-9,18H/b8-6+. The second-order valence-corrected chi connectivity index (χ2v) is 4.70. The number of allylic oxidation sites excluding steroid dienone is 1. The number of ketones is 1. The van der Waals surface area contributed by atoms with E-state index in [1.807, 2.05) is 0 Å². The van der Waals surface area contributed by atoms with Gasteiger partial charge in [0.15, 0.2) is 5.78 Å². The van der Waals surface area contributed by atoms with Crippen LogP contribution in [-0.2, 0) is 0 Å². The van der Waals surface area contributed by atoms with E-state index in [4.69, 9.17) is 23.2 Å². The second-order valence-electron chi connectivity index (χ2n) is 3.89. The molecule has 0 aliphatic heterocycles. The van der Waals surface area contributed by atoms with E-state index in [2.05, 4.69) is 0 Å². The van der Waals surface area contributed by atoms with Crippen molar-refractivity contribution in [2.75, 3.05) is 0 Å². The first-order valence-electron chi connectivity index (χ1n) is 5.53. The summed E-state index contributed by atoms with van der Waals surface area (Å²) in [5.41, 5.74) is 1.02. The van der Waals surface area contributed by atoms with Gasteiger partial charge in [0.25, 0.3) is 0 Å². The topological polar surface area (TPSA) is 37.3 Å². The van der Waals surface area contributed by atoms with Gasteiger partial charge in [-0.2, -0.15) is 0 Å². The number of hydrogen-bond donors (Lipinski definition) is 1. The number of carbonyl (C=O) groups excluding carboxylic acids is 1. The van der Waals surface area contributed by atoms with E-state index in [1.54, 1.807) is 42.5 Å². The van der Waals surface area contributed by atoms with Gasteiger partial charge in [-0.1, -0.05) is 47.5 Å². The Morgan fingerprint density at radius 1 is 1.05 bits per heavy atom. The second kappa shape index (κ2) is 5.91. The number of phenols is 1. The highest BCUT2D eigenvalue weighted by atomic mass is 35.5. The Bertz CT molecular complexity index is 648. The van der Waals surface area contributed by atoms with Gasteiger partial charge in [0.1, 0.15) is 5.75 Å². The molecule has 0 bridgehead atoms. The molecule has 0 heterocycles. The van der Waals surface area contributed by atoms with E-state index in [-0.39, 0.29) is 17.1 Å². The summed E-state index contributed by atoms with van der Waals surface area (Å²) in [6.45, 7) is 0. The summed E-state index contributed by atoms with van der Waals surface area (Å²) in [7, 11) is 0. The number of aromatic hydroxyl groups is 1. The highest BCUT2D eigenvalue weighted by molar-refractivity contribution is 6.42. The molecule has 4 heteroatoms. The molecule has 19 heavy (non-hydrogen) atoms. The van der Waals surface area contributed by atoms with E-state index in [9.17, 15) is 9.90 Å². The number of hydrogen-bond acceptors (Lipinski definition) is 2. The lowest BCUT2D eigenvalue weighted by Gasteiger charge is -2.00. The highest BCUT2D eigenvalue weighted by Crippen LogP contribution is 2.23. The van der Waals surface area contributed by atoms with Crippen LogP contribution in [0.1, 0.15) is 15.9 Å². The van der Waals surface area contributed by atoms with Crippen molar-refractivity contribution in [3.8, 4) is 5.75 Å². The number of carbonyl (C=O) groups is 1. The fourth-order valence-electron chi connectivity index (χ4n) is 1.56. The monoisotopic (exact) mass is 292 g/mol. The van der Waals surface area contributed by atoms with Crippen molar-refractivity contribution < 1.29 is 9.90 Å². The molecular weight excluding hydrogens is 283 g/mol. The Morgan fingerprint density at radius 2 is 1.79 bits per heavy atom. The van der Waals surface area contributed by atoms with Gasteiger partial charge in [-0.05, 0) is 35.9 Å². The van der Waals surface area contributed by atoms with Crippen LogP contribution in [0.3, 0.4) is 0 Å². The first-order valence-corrected chi connectivity index (χ1v) is 6.29. The van der Waals surface area contributed by atoms with Crippen LogP contribution >= 0.6 is 23.2 Å². The lowest BCUT2D eigenvalue weighted by molar-refractivity contribution is 0.104. The van der Waals surface area contributed by atoms with Crippen molar-refractivity contribution in [3.63, 3.8) is 0 Å². The molecular formula is C15H10Cl2O2. The maximum Gasteiger partial charge on any atom is 0.189 e. The summed E-state index contributed by atoms with van der Waals surface area (Å²) in [5, 5.41) is 10.5. The predicted molar refractivity (Wildman–Crippen MR) is 77.9 cm³/mol. The van der Waals surface area contributed by atoms with Crippen LogP contribution in [0.4, 0.5) is 0 Å². The number of benzene rings is 2. The van der Waals surface area contributed by atoms with Crippen molar-refractivity contribution in [1.29, 1.82) is 0 Å². The van der Waals surface area contributed by atoms with Crippen LogP contribution in [-0.4, -0.2) is 10.9 Å². The van der Waals surface area contributed by atoms with Gasteiger partial charge in [-0.3, -0.25) is 4.79 Å². The Hall–Kier alpha value is -1.77. The summed E-state index contributed by atoms with van der Waals surface area (Å²) in [5.74, 6) is -0.310. The van der Waals surface area contributed by atoms with Crippen molar-refractivity contribution >= 4 is 35.1 Å². The minimum Gasteiger partial charge on any atom is -0.507 e. The van der Waals surface area contributed by atoms with Crippen LogP contribution in [0.2, 0.25) is 10.0 Å². The third-order valence-electron chi connectivity index (χ3n) is 2.54. The van der Waals surface area contributed by atoms with E-state index in [0.29, 0.717) is 10.0 Å². The molecule has 2 nitrogen and oxygen atoms in total. The van der Waals surface area contributed by atoms with Crippen LogP contribution in [0.5, 0.6) is 5.75 Å². The van der Waals surface area contributed by atoms with Gasteiger partial charge < -0.3 is 5.11 Å². The van der Waals surface area contributed by atoms with Crippen LogP contribution in [0.15, 0.2) is 48.5 Å². The van der Waals surface area contributed by atoms with Crippen LogP contribution in [0.25, 0.3) is 6.08 Å². The highest BCUT2D eigenvalue weighted by Gasteiger charge is 2.06. The SMILES string of the molecule is O=C(/C=C/c1ccc(Cl)c(Cl)c1)c1ccccc1O. The maximum atomic E-state index is 11.9. The third kappa shape index (κ3) is 3.37. The van der Waals surface area contributed by atoms with Crippen molar-refractivity contribution in [1.82, 2.24) is 0 Å². The zero-order chi connectivity index (χ0) is 13.8. The van der Waals surface area contributed by atoms with Gasteiger partial charge in [0.2, 0.25) is 0 Å². The summed E-state index contributed by atoms with van der Waals surface area (Å²) in [6, 6.07) is 11.5. The molecule has 0 atom stereocenters. The van der Waals surface area contributed by atoms with Gasteiger partial charge in [-0.15, -0.1) is 0 Å². The zero-order valence-corrected chi connectivity index (χ0v) is 11.3. The first-order chi connectivity index (χ1) is 9.08. The molecule has 0 amide bonds. The molecule has 2 rings (SSSR count). The maximum absolute atomic E-state index is 11.9. The van der Waals surface area contributed by atoms with E-state index < -0.39 is 0 Å². The Kier molecular flexibility index (Phi) is 4.25. The average molecular weight is 293 g/mol. The Balaban J connectivity index is 2.21. The summed E-state index contributed by atoms with van der Waals surface area (Å²) in [6.07, 6.45) is 3.01. The molecule has 96 valence electrons. The molecule has 2 aromatic rings. The molecule has 2 aromatic carbocycles. The zero-order valence-electron chi connectivity index (χ0n) is 9.81. The number of phenolic OH excluding ortho intramolecular Hbond substituents is 1. The molecule has 0 saturated carbocycles. The molecule has 0 aromatic heterocycles. The Morgan fingerprint density at radius 3 is 2.47 bits per heavy atom. The molecule has 0 fully saturated rings. The molecule has 0 aliphatic carbocycles. The normalized spacial score (nSPS) is 10.8. The Labute approximate surface area is 120 Å². The van der Waals surface area contributed by atoms with Crippen LogP contribution < -0.4 is 0 Å². The number of rotatable bonds is 3. The van der Waals surface area contributed by atoms with Gasteiger partial charge in [-0.25, -0.2) is 0 Å². The summed E-state index contributed by atoms with van der Waals surface area (Å²) in [4.78, 5) is 11.9. The van der Waals surface area contributed by atoms with Crippen molar-refractivity contribution in [2.24, 2.45) is 0 Å². The lowest BCUT2D eigenvalue weighted by Crippen LogP contribution is -1.94. The largest absolute Gasteiger partial charge is 0.507 e. The predicted octanol–water partition coefficient (Wildman–Crippen LogP) is 4.60. The minimum atomic E-state index is -0.274. The minimum absolute atomic E-state index is 0.0358. The lowest BCUT2D eigenvalue weighted by atomic mass is 10.1. The smallest absolute Gasteiger partial charge is 0.189 e. The van der Waals surface area contributed by atoms with Gasteiger partial charge in [0, 0.05) is 0 Å². The quantitative estimate of drug-likeness (QED) is 0.663. The van der Waals surface area contributed by atoms with Gasteiger partial charge in [0.05, 0.1) is 15.6 Å². The molecule has 0 aliphatic rings. The average Bonchev–Trinajstić information content (AvgIpc) is 2.40. The number of para-hydroxylation sites is 1. The molecule has 0 unspecified atom stereocenters. The summed E-state index contributed by atoms with van der Waals surface area (Å²) < 4.78 is 0. The molecule has 0 saturated heterocycles. The first kappa shape index (κ1) is 13.7. The number of halogens is 2. The summed E-state index contributed by atoms with van der Waals surface area (Å²) >= 11 is 11.7. The third-order valence-corrected chi connectivity index (χ3v) is 3.28. The molecule has 1 N–H and O–H groups in total. The fraction of sp³-hybridized carbons (Fsp3) is 0. The van der Waals surface area contributed by atoms with Crippen molar-refractivity contribution in [2.45, 2.75) is 0 Å². The molecule has 0 radical (unpaired) electrons. The fourth-order valence-corrected chi connectivity index (χ4v) is 1.87. The van der Waals surface area contributed by atoms with Crippen molar-refractivity contribution in [3.05, 3.63) is 69.7 Å². The van der Waals surface area contributed by atoms with E-state index in [1.165, 1.54) is 12.1 Å². The van der Waals surface area contributed by atoms with Gasteiger partial charge >= 0.3 is 0 Å².